The van der Waals surface area contributed by atoms with Gasteiger partial charge in [-0.3, -0.25) is 15.5 Å². The van der Waals surface area contributed by atoms with Gasteiger partial charge in [-0.2, -0.15) is 9.41 Å². The molecule has 0 spiro atoms. The first-order chi connectivity index (χ1) is 14.2. The fourth-order valence-electron chi connectivity index (χ4n) is 3.13. The van der Waals surface area contributed by atoms with E-state index in [0.717, 1.165) is 6.07 Å². The number of hydrogen-bond donors (Lipinski definition) is 2. The Morgan fingerprint density at radius 3 is 2.43 bits per heavy atom. The standard InChI is InChI=1S/C19H22N4O6S/c1-13-11-22(12-14(2)29-13)30(27,28)19-9-16(23(25)26)5-8-18(19)21-20-10-15-3-6-17(24)7-4-15/h3-10,13-14,21,24H,11-12H2,1-2H3/b20-10-/t13-,14+. The number of nitrogens with one attached hydrogen (secondary N) is 1. The van der Waals surface area contributed by atoms with Crippen LogP contribution in [0.5, 0.6) is 5.75 Å². The number of anilines is 1. The SMILES string of the molecule is C[C@@H]1CN(S(=O)(=O)c2cc([N+](=O)[O-])ccc2N/N=C\c2ccc(O)cc2)C[C@H](C)O1. The Balaban J connectivity index is 1.94. The van der Waals surface area contributed by atoms with E-state index in [-0.39, 0.29) is 47.3 Å². The average molecular weight is 434 g/mol. The number of hydrazone groups is 1. The molecule has 1 saturated heterocycles. The number of rotatable bonds is 6. The van der Waals surface area contributed by atoms with E-state index in [1.165, 1.54) is 34.8 Å². The third-order valence-electron chi connectivity index (χ3n) is 4.47. The number of nitrogens with zero attached hydrogens (tertiary/aromatic N) is 3. The van der Waals surface area contributed by atoms with Crippen molar-refractivity contribution < 1.29 is 23.2 Å². The fourth-order valence-corrected chi connectivity index (χ4v) is 4.88. The van der Waals surface area contributed by atoms with Crippen LogP contribution in [0.1, 0.15) is 19.4 Å². The number of morpholine rings is 1. The predicted molar refractivity (Wildman–Crippen MR) is 111 cm³/mol. The third kappa shape index (κ3) is 4.93. The highest BCUT2D eigenvalue weighted by molar-refractivity contribution is 7.89. The molecule has 2 atom stereocenters. The first-order valence-corrected chi connectivity index (χ1v) is 10.6. The van der Waals surface area contributed by atoms with Gasteiger partial charge >= 0.3 is 0 Å². The summed E-state index contributed by atoms with van der Waals surface area (Å²) in [6, 6.07) is 9.79. The van der Waals surface area contributed by atoms with Crippen molar-refractivity contribution in [1.82, 2.24) is 4.31 Å². The quantitative estimate of drug-likeness (QED) is 0.405. The van der Waals surface area contributed by atoms with Gasteiger partial charge < -0.3 is 9.84 Å². The highest BCUT2D eigenvalue weighted by atomic mass is 32.2. The predicted octanol–water partition coefficient (Wildman–Crippen LogP) is 2.54. The summed E-state index contributed by atoms with van der Waals surface area (Å²) in [5.41, 5.74) is 3.10. The van der Waals surface area contributed by atoms with Gasteiger partial charge in [-0.05, 0) is 49.7 Å². The van der Waals surface area contributed by atoms with Crippen molar-refractivity contribution in [3.63, 3.8) is 0 Å². The van der Waals surface area contributed by atoms with E-state index in [4.69, 9.17) is 4.74 Å². The zero-order valence-corrected chi connectivity index (χ0v) is 17.2. The van der Waals surface area contributed by atoms with Gasteiger partial charge in [-0.25, -0.2) is 8.42 Å². The van der Waals surface area contributed by atoms with Gasteiger partial charge in [0.1, 0.15) is 10.6 Å². The maximum Gasteiger partial charge on any atom is 0.270 e. The lowest BCUT2D eigenvalue weighted by atomic mass is 10.2. The molecule has 0 aliphatic carbocycles. The highest BCUT2D eigenvalue weighted by Gasteiger charge is 2.34. The molecule has 1 aliphatic heterocycles. The third-order valence-corrected chi connectivity index (χ3v) is 6.34. The van der Waals surface area contributed by atoms with Gasteiger partial charge in [-0.1, -0.05) is 0 Å². The number of non-ortho nitro benzene ring substituents is 1. The normalized spacial score (nSPS) is 20.3. The van der Waals surface area contributed by atoms with Crippen LogP contribution in [0.2, 0.25) is 0 Å². The van der Waals surface area contributed by atoms with E-state index in [2.05, 4.69) is 10.5 Å². The van der Waals surface area contributed by atoms with Crippen LogP contribution in [0.15, 0.2) is 52.5 Å². The number of aromatic hydroxyl groups is 1. The average Bonchev–Trinajstić information content (AvgIpc) is 2.68. The van der Waals surface area contributed by atoms with Crippen molar-refractivity contribution >= 4 is 27.6 Å². The summed E-state index contributed by atoms with van der Waals surface area (Å²) in [4.78, 5) is 10.3. The summed E-state index contributed by atoms with van der Waals surface area (Å²) in [5.74, 6) is 0.109. The Morgan fingerprint density at radius 2 is 1.83 bits per heavy atom. The monoisotopic (exact) mass is 434 g/mol. The number of benzene rings is 2. The molecule has 0 bridgehead atoms. The molecule has 1 heterocycles. The van der Waals surface area contributed by atoms with Crippen LogP contribution >= 0.6 is 0 Å². The van der Waals surface area contributed by atoms with E-state index in [0.29, 0.717) is 5.56 Å². The van der Waals surface area contributed by atoms with E-state index in [9.17, 15) is 23.6 Å². The Bertz CT molecular complexity index is 1050. The molecule has 0 saturated carbocycles. The van der Waals surface area contributed by atoms with Gasteiger partial charge in [0, 0.05) is 25.2 Å². The second-order valence-electron chi connectivity index (χ2n) is 6.98. The van der Waals surface area contributed by atoms with Crippen LogP contribution in [-0.2, 0) is 14.8 Å². The van der Waals surface area contributed by atoms with Crippen molar-refractivity contribution in [3.8, 4) is 5.75 Å². The molecular weight excluding hydrogens is 412 g/mol. The van der Waals surface area contributed by atoms with Gasteiger partial charge in [0.05, 0.1) is 29.0 Å². The summed E-state index contributed by atoms with van der Waals surface area (Å²) in [6.45, 7) is 3.83. The molecule has 0 amide bonds. The number of phenolic OH excluding ortho intramolecular Hbond substituents is 1. The molecule has 160 valence electrons. The maximum atomic E-state index is 13.3. The topological polar surface area (TPSA) is 134 Å². The van der Waals surface area contributed by atoms with Crippen LogP contribution in [0.25, 0.3) is 0 Å². The number of sulfonamides is 1. The van der Waals surface area contributed by atoms with Gasteiger partial charge in [0.25, 0.3) is 5.69 Å². The van der Waals surface area contributed by atoms with E-state index in [1.54, 1.807) is 26.0 Å². The van der Waals surface area contributed by atoms with Crippen molar-refractivity contribution in [2.75, 3.05) is 18.5 Å². The Hall–Kier alpha value is -3.02. The summed E-state index contributed by atoms with van der Waals surface area (Å²) < 4.78 is 33.4. The van der Waals surface area contributed by atoms with Crippen LogP contribution in [0, 0.1) is 10.1 Å². The van der Waals surface area contributed by atoms with E-state index < -0.39 is 14.9 Å². The van der Waals surface area contributed by atoms with Crippen molar-refractivity contribution in [1.29, 1.82) is 0 Å². The Kier molecular flexibility index (Phi) is 6.34. The summed E-state index contributed by atoms with van der Waals surface area (Å²) in [5, 5.41) is 24.6. The first-order valence-electron chi connectivity index (χ1n) is 9.19. The number of nitro benzene ring substituents is 1. The molecular formula is C19H22N4O6S. The molecule has 11 heteroatoms. The highest BCUT2D eigenvalue weighted by Crippen LogP contribution is 2.30. The van der Waals surface area contributed by atoms with Crippen molar-refractivity contribution in [3.05, 3.63) is 58.1 Å². The molecule has 0 aromatic heterocycles. The minimum Gasteiger partial charge on any atom is -0.508 e. The molecule has 10 nitrogen and oxygen atoms in total. The first kappa shape index (κ1) is 21.7. The summed E-state index contributed by atoms with van der Waals surface area (Å²) >= 11 is 0. The van der Waals surface area contributed by atoms with Gasteiger partial charge in [-0.15, -0.1) is 0 Å². The van der Waals surface area contributed by atoms with Crippen LogP contribution in [0.3, 0.4) is 0 Å². The largest absolute Gasteiger partial charge is 0.508 e. The molecule has 2 N–H and O–H groups in total. The van der Waals surface area contributed by atoms with Crippen molar-refractivity contribution in [2.45, 2.75) is 31.0 Å². The minimum atomic E-state index is -4.04. The second-order valence-corrected chi connectivity index (χ2v) is 8.88. The molecule has 30 heavy (non-hydrogen) atoms. The van der Waals surface area contributed by atoms with E-state index in [1.807, 2.05) is 0 Å². The molecule has 3 rings (SSSR count). The molecule has 1 fully saturated rings. The maximum absolute atomic E-state index is 13.3. The molecule has 0 unspecified atom stereocenters. The zero-order chi connectivity index (χ0) is 21.9. The number of ether oxygens (including phenoxy) is 1. The minimum absolute atomic E-state index is 0.109. The smallest absolute Gasteiger partial charge is 0.270 e. The van der Waals surface area contributed by atoms with Crippen LogP contribution in [-0.4, -0.2) is 54.3 Å². The van der Waals surface area contributed by atoms with Crippen LogP contribution in [0.4, 0.5) is 11.4 Å². The lowest BCUT2D eigenvalue weighted by Crippen LogP contribution is -2.48. The number of nitro groups is 1. The molecule has 2 aromatic carbocycles. The van der Waals surface area contributed by atoms with Crippen LogP contribution < -0.4 is 5.43 Å². The molecule has 0 radical (unpaired) electrons. The Labute approximate surface area is 174 Å². The van der Waals surface area contributed by atoms with Gasteiger partial charge in [0.15, 0.2) is 0 Å². The molecule has 1 aliphatic rings. The molecule has 2 aromatic rings. The second kappa shape index (κ2) is 8.78. The number of phenols is 1. The summed E-state index contributed by atoms with van der Waals surface area (Å²) in [6.07, 6.45) is 0.841. The number of hydrogen-bond acceptors (Lipinski definition) is 8. The van der Waals surface area contributed by atoms with Crippen molar-refractivity contribution in [2.24, 2.45) is 5.10 Å². The fraction of sp³-hybridized carbons (Fsp3) is 0.316. The van der Waals surface area contributed by atoms with E-state index >= 15 is 0 Å². The van der Waals surface area contributed by atoms with Gasteiger partial charge in [0.2, 0.25) is 10.0 Å². The Morgan fingerprint density at radius 1 is 1.20 bits per heavy atom. The lowest BCUT2D eigenvalue weighted by Gasteiger charge is -2.34. The zero-order valence-electron chi connectivity index (χ0n) is 16.4. The lowest BCUT2D eigenvalue weighted by molar-refractivity contribution is -0.385. The summed E-state index contributed by atoms with van der Waals surface area (Å²) in [7, 11) is -4.04.